The molecule has 0 radical (unpaired) electrons. The van der Waals surface area contributed by atoms with E-state index in [-0.39, 0.29) is 11.0 Å². The molecule has 1 heterocycles. The number of rotatable bonds is 2. The molecule has 3 atom stereocenters. The summed E-state index contributed by atoms with van der Waals surface area (Å²) in [5, 5.41) is -0.309. The fourth-order valence-electron chi connectivity index (χ4n) is 2.44. The molecule has 102 valence electrons. The van der Waals surface area contributed by atoms with E-state index in [1.807, 2.05) is 60.7 Å². The van der Waals surface area contributed by atoms with Gasteiger partial charge in [0.15, 0.2) is 0 Å². The summed E-state index contributed by atoms with van der Waals surface area (Å²) in [6, 6.07) is 19.1. The van der Waals surface area contributed by atoms with Gasteiger partial charge in [-0.15, -0.1) is 0 Å². The molecular formula is C16H14O3S. The smallest absolute Gasteiger partial charge is 0.319 e. The van der Waals surface area contributed by atoms with E-state index in [2.05, 4.69) is 0 Å². The number of benzene rings is 2. The van der Waals surface area contributed by atoms with Gasteiger partial charge in [0, 0.05) is 10.8 Å². The second-order valence-electron chi connectivity index (χ2n) is 4.68. The number of hydrogen-bond donors (Lipinski definition) is 0. The van der Waals surface area contributed by atoms with Gasteiger partial charge in [0.1, 0.15) is 17.1 Å². The monoisotopic (exact) mass is 286 g/mol. The van der Waals surface area contributed by atoms with Crippen LogP contribution in [0, 0.1) is 0 Å². The molecule has 0 saturated carbocycles. The average molecular weight is 286 g/mol. The second-order valence-corrected chi connectivity index (χ2v) is 6.24. The van der Waals surface area contributed by atoms with Crippen LogP contribution in [0.15, 0.2) is 60.7 Å². The van der Waals surface area contributed by atoms with Gasteiger partial charge in [-0.1, -0.05) is 60.7 Å². The lowest BCUT2D eigenvalue weighted by molar-refractivity contribution is -0.147. The van der Waals surface area contributed by atoms with E-state index in [1.54, 1.807) is 0 Å². The van der Waals surface area contributed by atoms with Gasteiger partial charge in [-0.3, -0.25) is 9.00 Å². The first-order valence-corrected chi connectivity index (χ1v) is 7.80. The molecule has 0 aliphatic carbocycles. The Bertz CT molecular complexity index is 625. The Morgan fingerprint density at radius 3 is 2.05 bits per heavy atom. The van der Waals surface area contributed by atoms with Crippen molar-refractivity contribution in [1.29, 1.82) is 0 Å². The van der Waals surface area contributed by atoms with Crippen LogP contribution in [0.1, 0.15) is 22.5 Å². The molecule has 4 heteroatoms. The highest BCUT2D eigenvalue weighted by Gasteiger charge is 2.38. The van der Waals surface area contributed by atoms with E-state index >= 15 is 0 Å². The molecule has 1 aliphatic rings. The molecule has 1 fully saturated rings. The minimum atomic E-state index is -1.26. The summed E-state index contributed by atoms with van der Waals surface area (Å²) in [7, 11) is -1.26. The van der Waals surface area contributed by atoms with Crippen molar-refractivity contribution in [2.45, 2.75) is 11.4 Å². The standard InChI is InChI=1S/C16H14O3S/c17-14-11-20(18)16(13-9-5-2-6-10-13)15(19-14)12-7-3-1-4-8-12/h1-10,15-16H,11H2/t15-,16+,20?/m1/s1. The van der Waals surface area contributed by atoms with Gasteiger partial charge < -0.3 is 4.74 Å². The third-order valence-corrected chi connectivity index (χ3v) is 4.94. The summed E-state index contributed by atoms with van der Waals surface area (Å²) in [6.45, 7) is 0. The number of hydrogen-bond acceptors (Lipinski definition) is 3. The topological polar surface area (TPSA) is 43.4 Å². The Morgan fingerprint density at radius 1 is 0.900 bits per heavy atom. The van der Waals surface area contributed by atoms with Crippen LogP contribution in [0.2, 0.25) is 0 Å². The molecule has 1 saturated heterocycles. The van der Waals surface area contributed by atoms with Gasteiger partial charge in [-0.05, 0) is 11.1 Å². The van der Waals surface area contributed by atoms with Gasteiger partial charge in [0.2, 0.25) is 0 Å². The molecular weight excluding hydrogens is 272 g/mol. The summed E-state index contributed by atoms with van der Waals surface area (Å²) >= 11 is 0. The Labute approximate surface area is 120 Å². The first-order valence-electron chi connectivity index (χ1n) is 6.42. The predicted octanol–water partition coefficient (Wildman–Crippen LogP) is 2.77. The van der Waals surface area contributed by atoms with Crippen molar-refractivity contribution in [3.05, 3.63) is 71.8 Å². The van der Waals surface area contributed by atoms with Crippen LogP contribution in [-0.2, 0) is 20.3 Å². The van der Waals surface area contributed by atoms with Crippen LogP contribution in [0.25, 0.3) is 0 Å². The zero-order chi connectivity index (χ0) is 13.9. The summed E-state index contributed by atoms with van der Waals surface area (Å²) in [4.78, 5) is 11.6. The van der Waals surface area contributed by atoms with Crippen molar-refractivity contribution in [3.8, 4) is 0 Å². The summed E-state index contributed by atoms with van der Waals surface area (Å²) in [6.07, 6.45) is -0.485. The van der Waals surface area contributed by atoms with E-state index < -0.39 is 22.9 Å². The van der Waals surface area contributed by atoms with Gasteiger partial charge in [0.25, 0.3) is 0 Å². The van der Waals surface area contributed by atoms with Gasteiger partial charge in [0.05, 0.1) is 0 Å². The zero-order valence-electron chi connectivity index (χ0n) is 10.8. The summed E-state index contributed by atoms with van der Waals surface area (Å²) in [5.41, 5.74) is 1.81. The van der Waals surface area contributed by atoms with E-state index in [9.17, 15) is 9.00 Å². The van der Waals surface area contributed by atoms with Crippen molar-refractivity contribution in [1.82, 2.24) is 0 Å². The van der Waals surface area contributed by atoms with E-state index in [1.165, 1.54) is 0 Å². The molecule has 3 rings (SSSR count). The molecule has 2 aromatic carbocycles. The average Bonchev–Trinajstić information content (AvgIpc) is 2.48. The van der Waals surface area contributed by atoms with Gasteiger partial charge in [-0.25, -0.2) is 0 Å². The van der Waals surface area contributed by atoms with Crippen molar-refractivity contribution < 1.29 is 13.7 Å². The third-order valence-electron chi connectivity index (χ3n) is 3.33. The van der Waals surface area contributed by atoms with Crippen LogP contribution in [0.5, 0.6) is 0 Å². The highest BCUT2D eigenvalue weighted by molar-refractivity contribution is 7.86. The molecule has 1 aliphatic heterocycles. The lowest BCUT2D eigenvalue weighted by Crippen LogP contribution is -2.32. The maximum atomic E-state index is 12.4. The first-order chi connectivity index (χ1) is 9.75. The molecule has 2 aromatic rings. The van der Waals surface area contributed by atoms with Crippen molar-refractivity contribution >= 4 is 16.8 Å². The number of carbonyl (C=O) groups excluding carboxylic acids is 1. The van der Waals surface area contributed by atoms with E-state index in [0.717, 1.165) is 11.1 Å². The molecule has 0 bridgehead atoms. The highest BCUT2D eigenvalue weighted by Crippen LogP contribution is 2.39. The SMILES string of the molecule is O=C1CS(=O)[C@@H](c2ccccc2)[C@@H](c2ccccc2)O1. The minimum Gasteiger partial charge on any atom is -0.455 e. The Balaban J connectivity index is 2.03. The number of cyclic esters (lactones) is 1. The lowest BCUT2D eigenvalue weighted by atomic mass is 10.0. The zero-order valence-corrected chi connectivity index (χ0v) is 11.6. The maximum absolute atomic E-state index is 12.4. The molecule has 0 N–H and O–H groups in total. The molecule has 0 amide bonds. The quantitative estimate of drug-likeness (QED) is 0.797. The number of carbonyl (C=O) groups is 1. The van der Waals surface area contributed by atoms with Crippen molar-refractivity contribution in [2.24, 2.45) is 0 Å². The van der Waals surface area contributed by atoms with Crippen molar-refractivity contribution in [3.63, 3.8) is 0 Å². The number of esters is 1. The fraction of sp³-hybridized carbons (Fsp3) is 0.188. The van der Waals surface area contributed by atoms with Crippen LogP contribution >= 0.6 is 0 Å². The third kappa shape index (κ3) is 2.51. The Morgan fingerprint density at radius 2 is 1.45 bits per heavy atom. The normalized spacial score (nSPS) is 26.0. The second kappa shape index (κ2) is 5.59. The summed E-state index contributed by atoms with van der Waals surface area (Å²) in [5.74, 6) is -0.438. The molecule has 3 nitrogen and oxygen atoms in total. The first kappa shape index (κ1) is 13.1. The Kier molecular flexibility index (Phi) is 3.65. The minimum absolute atomic E-state index is 0.0388. The van der Waals surface area contributed by atoms with Crippen LogP contribution in [-0.4, -0.2) is 15.9 Å². The fourth-order valence-corrected chi connectivity index (χ4v) is 3.87. The van der Waals surface area contributed by atoms with E-state index in [4.69, 9.17) is 4.74 Å². The van der Waals surface area contributed by atoms with Gasteiger partial charge in [-0.2, -0.15) is 0 Å². The molecule has 1 unspecified atom stereocenters. The Hall–Kier alpha value is -1.94. The van der Waals surface area contributed by atoms with Crippen LogP contribution < -0.4 is 0 Å². The van der Waals surface area contributed by atoms with Crippen LogP contribution in [0.3, 0.4) is 0 Å². The number of ether oxygens (including phenoxy) is 1. The molecule has 20 heavy (non-hydrogen) atoms. The predicted molar refractivity (Wildman–Crippen MR) is 77.5 cm³/mol. The highest BCUT2D eigenvalue weighted by atomic mass is 32.2. The molecule has 0 aromatic heterocycles. The maximum Gasteiger partial charge on any atom is 0.319 e. The van der Waals surface area contributed by atoms with E-state index in [0.29, 0.717) is 0 Å². The van der Waals surface area contributed by atoms with Gasteiger partial charge >= 0.3 is 5.97 Å². The van der Waals surface area contributed by atoms with Crippen LogP contribution in [0.4, 0.5) is 0 Å². The molecule has 0 spiro atoms. The largest absolute Gasteiger partial charge is 0.455 e. The lowest BCUT2D eigenvalue weighted by Gasteiger charge is -2.31. The van der Waals surface area contributed by atoms with Crippen molar-refractivity contribution in [2.75, 3.05) is 5.75 Å². The summed E-state index contributed by atoms with van der Waals surface area (Å²) < 4.78 is 17.9.